The van der Waals surface area contributed by atoms with Gasteiger partial charge in [-0.1, -0.05) is 36.4 Å². The molecule has 5 rings (SSSR count). The van der Waals surface area contributed by atoms with Gasteiger partial charge in [0, 0.05) is 18.6 Å². The molecule has 2 aliphatic rings. The molecule has 28 heavy (non-hydrogen) atoms. The van der Waals surface area contributed by atoms with Crippen molar-refractivity contribution in [2.24, 2.45) is 5.92 Å². The fourth-order valence-electron chi connectivity index (χ4n) is 4.96. The summed E-state index contributed by atoms with van der Waals surface area (Å²) in [5, 5.41) is 3.13. The van der Waals surface area contributed by atoms with Gasteiger partial charge in [-0.05, 0) is 49.1 Å². The van der Waals surface area contributed by atoms with Crippen LogP contribution in [0.25, 0.3) is 11.0 Å². The monoisotopic (exact) mass is 376 g/mol. The van der Waals surface area contributed by atoms with Crippen molar-refractivity contribution in [3.63, 3.8) is 0 Å². The van der Waals surface area contributed by atoms with E-state index in [1.54, 1.807) is 0 Å². The zero-order chi connectivity index (χ0) is 19.1. The molecule has 2 aromatic carbocycles. The van der Waals surface area contributed by atoms with Gasteiger partial charge in [0.2, 0.25) is 5.91 Å². The van der Waals surface area contributed by atoms with Crippen LogP contribution in [0.4, 0.5) is 0 Å². The maximum Gasteiger partial charge on any atom is 0.323 e. The summed E-state index contributed by atoms with van der Waals surface area (Å²) in [6, 6.07) is 16.9. The number of carbonyl (C=O) groups is 1. The number of carbonyl (C=O) groups excluding carboxylic acids is 1. The van der Waals surface area contributed by atoms with Gasteiger partial charge in [0.1, 0.15) is 0 Å². The molecule has 0 spiro atoms. The number of benzene rings is 2. The Morgan fingerprint density at radius 1 is 1.11 bits per heavy atom. The summed E-state index contributed by atoms with van der Waals surface area (Å²) < 4.78 is 0. The molecule has 6 nitrogen and oxygen atoms in total. The van der Waals surface area contributed by atoms with Crippen molar-refractivity contribution in [3.8, 4) is 0 Å². The number of aromatic nitrogens is 2. The van der Waals surface area contributed by atoms with Crippen LogP contribution >= 0.6 is 0 Å². The van der Waals surface area contributed by atoms with E-state index in [0.717, 1.165) is 42.4 Å². The van der Waals surface area contributed by atoms with Gasteiger partial charge in [-0.2, -0.15) is 0 Å². The van der Waals surface area contributed by atoms with Crippen LogP contribution in [0.15, 0.2) is 53.3 Å². The van der Waals surface area contributed by atoms with E-state index in [2.05, 4.69) is 44.5 Å². The average Bonchev–Trinajstić information content (AvgIpc) is 3.40. The highest BCUT2D eigenvalue weighted by Crippen LogP contribution is 2.44. The van der Waals surface area contributed by atoms with Gasteiger partial charge in [0.25, 0.3) is 0 Å². The zero-order valence-corrected chi connectivity index (χ0v) is 15.7. The van der Waals surface area contributed by atoms with Crippen LogP contribution in [0.5, 0.6) is 0 Å². The first-order valence-corrected chi connectivity index (χ1v) is 9.98. The number of nitrogens with zero attached hydrogens (tertiary/aromatic N) is 1. The Labute approximate surface area is 163 Å². The van der Waals surface area contributed by atoms with E-state index in [4.69, 9.17) is 0 Å². The molecule has 2 saturated heterocycles. The van der Waals surface area contributed by atoms with Crippen LogP contribution in [0.3, 0.4) is 0 Å². The summed E-state index contributed by atoms with van der Waals surface area (Å²) in [7, 11) is 0. The molecule has 1 aromatic heterocycles. The summed E-state index contributed by atoms with van der Waals surface area (Å²) >= 11 is 0. The second-order valence-corrected chi connectivity index (χ2v) is 7.89. The molecule has 3 aromatic rings. The molecule has 0 unspecified atom stereocenters. The average molecular weight is 376 g/mol. The van der Waals surface area contributed by atoms with Gasteiger partial charge < -0.3 is 15.3 Å². The highest BCUT2D eigenvalue weighted by atomic mass is 16.2. The fourth-order valence-corrected chi connectivity index (χ4v) is 4.96. The number of nitrogens with one attached hydrogen (secondary N) is 3. The predicted octanol–water partition coefficient (Wildman–Crippen LogP) is 2.70. The maximum atomic E-state index is 13.0. The third kappa shape index (κ3) is 3.03. The molecule has 2 aliphatic heterocycles. The topological polar surface area (TPSA) is 81.0 Å². The molecule has 144 valence electrons. The van der Waals surface area contributed by atoms with Gasteiger partial charge >= 0.3 is 5.69 Å². The number of imidazole rings is 1. The van der Waals surface area contributed by atoms with E-state index in [1.165, 1.54) is 5.56 Å². The largest absolute Gasteiger partial charge is 0.352 e. The molecule has 3 N–H and O–H groups in total. The van der Waals surface area contributed by atoms with Crippen molar-refractivity contribution in [2.75, 3.05) is 6.54 Å². The van der Waals surface area contributed by atoms with Gasteiger partial charge in [0.15, 0.2) is 0 Å². The second-order valence-electron chi connectivity index (χ2n) is 7.89. The smallest absolute Gasteiger partial charge is 0.323 e. The molecule has 0 aliphatic carbocycles. The van der Waals surface area contributed by atoms with Crippen LogP contribution in [0, 0.1) is 5.92 Å². The van der Waals surface area contributed by atoms with Crippen molar-refractivity contribution >= 4 is 16.9 Å². The minimum Gasteiger partial charge on any atom is -0.352 e. The Hall–Kier alpha value is -2.86. The molecule has 3 atom stereocenters. The van der Waals surface area contributed by atoms with Gasteiger partial charge in [-0.25, -0.2) is 4.79 Å². The van der Waals surface area contributed by atoms with Crippen molar-refractivity contribution < 1.29 is 4.79 Å². The minimum absolute atomic E-state index is 0.0310. The van der Waals surface area contributed by atoms with Gasteiger partial charge in [-0.15, -0.1) is 0 Å². The van der Waals surface area contributed by atoms with Gasteiger partial charge in [-0.3, -0.25) is 9.69 Å². The van der Waals surface area contributed by atoms with Crippen LogP contribution < -0.4 is 11.0 Å². The van der Waals surface area contributed by atoms with E-state index >= 15 is 0 Å². The molecule has 0 bridgehead atoms. The number of amides is 1. The second kappa shape index (κ2) is 6.95. The molecule has 3 heterocycles. The lowest BCUT2D eigenvalue weighted by Gasteiger charge is -2.24. The van der Waals surface area contributed by atoms with E-state index in [1.807, 2.05) is 24.3 Å². The Morgan fingerprint density at radius 3 is 2.79 bits per heavy atom. The molecule has 1 amide bonds. The van der Waals surface area contributed by atoms with Crippen LogP contribution in [0.1, 0.15) is 36.4 Å². The Morgan fingerprint density at radius 2 is 1.93 bits per heavy atom. The predicted molar refractivity (Wildman–Crippen MR) is 108 cm³/mol. The lowest BCUT2D eigenvalue weighted by molar-refractivity contribution is -0.125. The lowest BCUT2D eigenvalue weighted by atomic mass is 9.93. The molecule has 6 heteroatoms. The molecule has 0 saturated carbocycles. The summed E-state index contributed by atoms with van der Waals surface area (Å²) in [6.07, 6.45) is 3.14. The number of fused-ring (bicyclic) bond motifs is 2. The number of H-pyrrole nitrogens is 2. The highest BCUT2D eigenvalue weighted by molar-refractivity contribution is 5.80. The number of hydrogen-bond acceptors (Lipinski definition) is 3. The number of hydrogen-bond donors (Lipinski definition) is 3. The third-order valence-electron chi connectivity index (χ3n) is 6.25. The Bertz CT molecular complexity index is 1060. The van der Waals surface area contributed by atoms with E-state index < -0.39 is 0 Å². The van der Waals surface area contributed by atoms with Gasteiger partial charge in [0.05, 0.1) is 17.0 Å². The van der Waals surface area contributed by atoms with Crippen LogP contribution in [-0.4, -0.2) is 33.4 Å². The Kier molecular flexibility index (Phi) is 4.28. The minimum atomic E-state index is -0.213. The quantitative estimate of drug-likeness (QED) is 0.655. The first-order valence-electron chi connectivity index (χ1n) is 9.98. The molecule has 0 radical (unpaired) electrons. The fraction of sp³-hybridized carbons (Fsp3) is 0.364. The standard InChI is InChI=1S/C22H24N4O2/c27-21(23-13-14-8-9-17-18(11-14)25-22(28)24-17)16-12-20(15-5-2-1-3-6-15)26-10-4-7-19(16)26/h1-3,5-6,8-9,11,16,19-20H,4,7,10,12-13H2,(H,23,27)(H2,24,25,28)/t16-,19+,20-/m1/s1. The normalized spacial score (nSPS) is 24.5. The summed E-state index contributed by atoms with van der Waals surface area (Å²) in [6.45, 7) is 1.55. The lowest BCUT2D eigenvalue weighted by Crippen LogP contribution is -2.37. The zero-order valence-electron chi connectivity index (χ0n) is 15.7. The first-order chi connectivity index (χ1) is 13.7. The molecular formula is C22H24N4O2. The SMILES string of the molecule is O=C(NCc1ccc2[nH]c(=O)[nH]c2c1)[C@@H]1C[C@H](c2ccccc2)N2CCC[C@@H]12. The van der Waals surface area contributed by atoms with Crippen molar-refractivity contribution in [1.82, 2.24) is 20.2 Å². The van der Waals surface area contributed by atoms with Crippen molar-refractivity contribution in [1.29, 1.82) is 0 Å². The third-order valence-corrected chi connectivity index (χ3v) is 6.25. The summed E-state index contributed by atoms with van der Waals surface area (Å²) in [5.41, 5.74) is 3.63. The van der Waals surface area contributed by atoms with Crippen molar-refractivity contribution in [3.05, 3.63) is 70.1 Å². The molecule has 2 fully saturated rings. The number of rotatable bonds is 4. The van der Waals surface area contributed by atoms with Crippen LogP contribution in [-0.2, 0) is 11.3 Å². The van der Waals surface area contributed by atoms with E-state index in [9.17, 15) is 9.59 Å². The molecular weight excluding hydrogens is 352 g/mol. The van der Waals surface area contributed by atoms with Crippen LogP contribution in [0.2, 0.25) is 0 Å². The van der Waals surface area contributed by atoms with E-state index in [0.29, 0.717) is 18.6 Å². The van der Waals surface area contributed by atoms with E-state index in [-0.39, 0.29) is 17.5 Å². The van der Waals surface area contributed by atoms with Crippen molar-refractivity contribution in [2.45, 2.75) is 37.9 Å². The highest BCUT2D eigenvalue weighted by Gasteiger charge is 2.46. The Balaban J connectivity index is 1.29. The summed E-state index contributed by atoms with van der Waals surface area (Å²) in [4.78, 5) is 32.4. The maximum absolute atomic E-state index is 13.0. The first kappa shape index (κ1) is 17.3. The number of aromatic amines is 2. The summed E-state index contributed by atoms with van der Waals surface area (Å²) in [5.74, 6) is 0.168.